The second-order valence-corrected chi connectivity index (χ2v) is 15.6. The van der Waals surface area contributed by atoms with Gasteiger partial charge in [0.1, 0.15) is 45.9 Å². The molecular weight excluding hydrogens is 796 g/mol. The molecule has 12 N–H and O–H groups in total. The van der Waals surface area contributed by atoms with Gasteiger partial charge in [-0.1, -0.05) is 47.3 Å². The van der Waals surface area contributed by atoms with Gasteiger partial charge in [0.25, 0.3) is 0 Å². The topological polar surface area (TPSA) is 295 Å². The summed E-state index contributed by atoms with van der Waals surface area (Å²) < 4.78 is 0. The van der Waals surface area contributed by atoms with Crippen molar-refractivity contribution in [1.82, 2.24) is 41.8 Å². The van der Waals surface area contributed by atoms with E-state index >= 15 is 0 Å². The fourth-order valence-electron chi connectivity index (χ4n) is 7.69. The van der Waals surface area contributed by atoms with Crippen LogP contribution in [-0.4, -0.2) is 140 Å². The van der Waals surface area contributed by atoms with Crippen LogP contribution in [0.15, 0.2) is 53.7 Å². The fraction of sp³-hybridized carbons (Fsp3) is 0.463. The van der Waals surface area contributed by atoms with Gasteiger partial charge >= 0.3 is 5.97 Å². The Morgan fingerprint density at radius 1 is 0.935 bits per heavy atom. The number of benzene rings is 2. The summed E-state index contributed by atoms with van der Waals surface area (Å²) >= 11 is 0. The number of carbonyl (C=O) groups is 7. The number of aliphatic imine (C=N–C) groups is 1. The van der Waals surface area contributed by atoms with Gasteiger partial charge in [-0.2, -0.15) is 0 Å². The standard InChI is InChI=1S/C41H53B2N11O8/c1-22-35(57)53-32(18-24-20-48-28-8-3-2-7-27(24)28)38(60)51-29(9-4-13-47-41(44)45)36(58)46-12-5-10-30(40(62)54-14-6-11-33(54)39(61)50-22)52-37(59)31(49-21-34(55)56)17-23-15-25(42)19-26(43)16-23/h2-3,7-8,15-16,19-20,22,29-33,48-49H,4-6,9-14,17-18,21H2,1H3,(H,46,58)(H,50,61)(H,51,60)(H,52,59)(H,53,57)(H,55,56)(H4,44,45,47)/t22-,29+,30+,31+,32+,33+/m1/s1. The van der Waals surface area contributed by atoms with Gasteiger partial charge in [0, 0.05) is 43.2 Å². The molecule has 2 aromatic carbocycles. The van der Waals surface area contributed by atoms with E-state index in [2.05, 4.69) is 41.9 Å². The van der Waals surface area contributed by atoms with Crippen LogP contribution in [-0.2, 0) is 46.4 Å². The molecule has 62 heavy (non-hydrogen) atoms. The normalized spacial score (nSPS) is 22.2. The molecule has 6 atom stereocenters. The van der Waals surface area contributed by atoms with Crippen LogP contribution in [0.2, 0.25) is 0 Å². The van der Waals surface area contributed by atoms with Gasteiger partial charge in [-0.15, -0.1) is 0 Å². The van der Waals surface area contributed by atoms with E-state index in [1.807, 2.05) is 24.3 Å². The van der Waals surface area contributed by atoms with Crippen molar-refractivity contribution in [3.8, 4) is 0 Å². The van der Waals surface area contributed by atoms with Crippen LogP contribution in [0.5, 0.6) is 0 Å². The maximum atomic E-state index is 14.4. The third-order valence-corrected chi connectivity index (χ3v) is 10.8. The van der Waals surface area contributed by atoms with Crippen molar-refractivity contribution in [1.29, 1.82) is 0 Å². The molecule has 2 fully saturated rings. The number of hydrogen-bond acceptors (Lipinski definition) is 9. The summed E-state index contributed by atoms with van der Waals surface area (Å²) in [4.78, 5) is 104. The Morgan fingerprint density at radius 3 is 2.39 bits per heavy atom. The lowest BCUT2D eigenvalue weighted by Crippen LogP contribution is -2.59. The van der Waals surface area contributed by atoms with E-state index < -0.39 is 84.2 Å². The summed E-state index contributed by atoms with van der Waals surface area (Å²) in [5.41, 5.74) is 13.8. The van der Waals surface area contributed by atoms with Gasteiger partial charge in [-0.3, -0.25) is 43.9 Å². The van der Waals surface area contributed by atoms with E-state index in [9.17, 15) is 38.7 Å². The molecule has 0 saturated carbocycles. The number of nitrogens with two attached hydrogens (primary N) is 2. The molecule has 3 heterocycles. The molecule has 2 saturated heterocycles. The Morgan fingerprint density at radius 2 is 1.66 bits per heavy atom. The smallest absolute Gasteiger partial charge is 0.317 e. The second-order valence-electron chi connectivity index (χ2n) is 15.6. The summed E-state index contributed by atoms with van der Waals surface area (Å²) in [6, 6.07) is 5.40. The Balaban J connectivity index is 1.41. The summed E-state index contributed by atoms with van der Waals surface area (Å²) in [5, 5.41) is 26.8. The van der Waals surface area contributed by atoms with Crippen LogP contribution in [0.4, 0.5) is 0 Å². The minimum Gasteiger partial charge on any atom is -0.480 e. The molecule has 0 unspecified atom stereocenters. The molecule has 5 rings (SSSR count). The highest BCUT2D eigenvalue weighted by Crippen LogP contribution is 2.22. The largest absolute Gasteiger partial charge is 0.480 e. The highest BCUT2D eigenvalue weighted by molar-refractivity contribution is 6.37. The minimum absolute atomic E-state index is 0.000399. The molecule has 2 aliphatic heterocycles. The molecule has 19 nitrogen and oxygen atoms in total. The quantitative estimate of drug-likeness (QED) is 0.0349. The Kier molecular flexibility index (Phi) is 16.5. The second kappa shape index (κ2) is 21.9. The average molecular weight is 850 g/mol. The SMILES string of the molecule is [B]c1cc([B])cc(C[C@H](NCC(=O)O)C(=O)N[C@H]2CCCNC(=O)[C@H](CCCN=C(N)N)NC(=O)[C@H](Cc3c[nH]c4ccccc34)NC(=O)[C@@H](C)NC(=O)[C@@H]3CCCN3C2=O)c1. The molecule has 6 amide bonds. The lowest BCUT2D eigenvalue weighted by molar-refractivity contribution is -0.142. The number of aliphatic carboxylic acids is 1. The van der Waals surface area contributed by atoms with Crippen molar-refractivity contribution < 1.29 is 38.7 Å². The molecule has 326 valence electrons. The lowest BCUT2D eigenvalue weighted by Gasteiger charge is -2.31. The minimum atomic E-state index is -1.22. The van der Waals surface area contributed by atoms with E-state index in [1.165, 1.54) is 17.9 Å². The van der Waals surface area contributed by atoms with Crippen molar-refractivity contribution in [2.75, 3.05) is 26.2 Å². The Hall–Kier alpha value is -6.37. The van der Waals surface area contributed by atoms with Crippen LogP contribution in [0.1, 0.15) is 56.6 Å². The van der Waals surface area contributed by atoms with Crippen LogP contribution >= 0.6 is 0 Å². The van der Waals surface area contributed by atoms with Crippen molar-refractivity contribution in [3.05, 3.63) is 59.8 Å². The number of aromatic amines is 1. The average Bonchev–Trinajstić information content (AvgIpc) is 3.88. The maximum Gasteiger partial charge on any atom is 0.317 e. The zero-order valence-corrected chi connectivity index (χ0v) is 34.6. The van der Waals surface area contributed by atoms with Gasteiger partial charge in [-0.05, 0) is 69.1 Å². The zero-order valence-electron chi connectivity index (χ0n) is 34.6. The Bertz CT molecular complexity index is 2140. The number of carboxylic acids is 1. The first-order valence-electron chi connectivity index (χ1n) is 20.6. The summed E-state index contributed by atoms with van der Waals surface area (Å²) in [6.45, 7) is 1.24. The van der Waals surface area contributed by atoms with Gasteiger partial charge in [-0.25, -0.2) is 0 Å². The van der Waals surface area contributed by atoms with Gasteiger partial charge < -0.3 is 53.0 Å². The molecule has 0 bridgehead atoms. The number of nitrogens with zero attached hydrogens (tertiary/aromatic N) is 2. The number of nitrogens with one attached hydrogen (secondary N) is 7. The Labute approximate surface area is 361 Å². The molecule has 2 aliphatic rings. The maximum absolute atomic E-state index is 14.4. The third kappa shape index (κ3) is 13.1. The number of rotatable bonds is 13. The first kappa shape index (κ1) is 46.7. The van der Waals surface area contributed by atoms with Crippen LogP contribution in [0, 0.1) is 0 Å². The van der Waals surface area contributed by atoms with Crippen molar-refractivity contribution >= 4 is 84.9 Å². The highest BCUT2D eigenvalue weighted by atomic mass is 16.4. The number of carbonyl (C=O) groups excluding carboxylic acids is 6. The number of fused-ring (bicyclic) bond motifs is 2. The highest BCUT2D eigenvalue weighted by Gasteiger charge is 2.39. The fourth-order valence-corrected chi connectivity index (χ4v) is 7.69. The molecule has 3 aromatic rings. The van der Waals surface area contributed by atoms with E-state index in [1.54, 1.807) is 18.3 Å². The number of H-pyrrole nitrogens is 1. The third-order valence-electron chi connectivity index (χ3n) is 10.8. The van der Waals surface area contributed by atoms with Gasteiger partial charge in [0.15, 0.2) is 5.96 Å². The van der Waals surface area contributed by atoms with Crippen molar-refractivity contribution in [2.45, 2.75) is 94.5 Å². The first-order chi connectivity index (χ1) is 29.6. The van der Waals surface area contributed by atoms with Crippen LogP contribution in [0.3, 0.4) is 0 Å². The van der Waals surface area contributed by atoms with E-state index in [4.69, 9.17) is 27.2 Å². The summed E-state index contributed by atoms with van der Waals surface area (Å²) in [7, 11) is 11.9. The van der Waals surface area contributed by atoms with E-state index in [0.29, 0.717) is 29.3 Å². The molecule has 21 heteroatoms. The molecule has 4 radical (unpaired) electrons. The number of hydrogen-bond donors (Lipinski definition) is 10. The zero-order chi connectivity index (χ0) is 44.9. The van der Waals surface area contributed by atoms with Crippen molar-refractivity contribution in [2.24, 2.45) is 16.5 Å². The van der Waals surface area contributed by atoms with Crippen molar-refractivity contribution in [3.63, 3.8) is 0 Å². The van der Waals surface area contributed by atoms with Gasteiger partial charge in [0.05, 0.1) is 12.6 Å². The number of aromatic nitrogens is 1. The number of para-hydroxylation sites is 1. The summed E-state index contributed by atoms with van der Waals surface area (Å²) in [5.74, 6) is -5.11. The first-order valence-corrected chi connectivity index (χ1v) is 20.6. The van der Waals surface area contributed by atoms with Gasteiger partial charge in [0.2, 0.25) is 35.4 Å². The lowest BCUT2D eigenvalue weighted by atomic mass is 9.84. The predicted octanol–water partition coefficient (Wildman–Crippen LogP) is -3.50. The van der Waals surface area contributed by atoms with E-state index in [-0.39, 0.29) is 64.1 Å². The van der Waals surface area contributed by atoms with Crippen LogP contribution < -0.4 is 54.3 Å². The summed E-state index contributed by atoms with van der Waals surface area (Å²) in [6.07, 6.45) is 3.07. The number of carboxylic acid groups (broad SMARTS) is 1. The molecule has 1 aromatic heterocycles. The monoisotopic (exact) mass is 849 g/mol. The number of amides is 6. The van der Waals surface area contributed by atoms with E-state index in [0.717, 1.165) is 16.5 Å². The predicted molar refractivity (Wildman–Crippen MR) is 233 cm³/mol. The molecule has 0 aliphatic carbocycles. The molecular formula is C41H53B2N11O8. The number of guanidine groups is 1. The van der Waals surface area contributed by atoms with Crippen LogP contribution in [0.25, 0.3) is 10.9 Å². The molecule has 0 spiro atoms.